The number of carbonyl (C=O) groups excluding carboxylic acids is 1. The lowest BCUT2D eigenvalue weighted by atomic mass is 10.2. The average Bonchev–Trinajstić information content (AvgIpc) is 3.20. The first-order valence-corrected chi connectivity index (χ1v) is 10.3. The zero-order valence-electron chi connectivity index (χ0n) is 15.4. The fourth-order valence-corrected chi connectivity index (χ4v) is 3.72. The first-order valence-electron chi connectivity index (χ1n) is 8.85. The first kappa shape index (κ1) is 20.8. The van der Waals surface area contributed by atoms with Gasteiger partial charge >= 0.3 is 0 Å². The summed E-state index contributed by atoms with van der Waals surface area (Å²) in [6.45, 7) is 1.33. The van der Waals surface area contributed by atoms with E-state index >= 15 is 0 Å². The lowest BCUT2D eigenvalue weighted by Crippen LogP contribution is -2.34. The second-order valence-electron chi connectivity index (χ2n) is 6.23. The van der Waals surface area contributed by atoms with Crippen LogP contribution in [0.3, 0.4) is 0 Å². The summed E-state index contributed by atoms with van der Waals surface area (Å²) in [7, 11) is 1.59. The molecule has 0 spiro atoms. The van der Waals surface area contributed by atoms with Crippen LogP contribution in [0.1, 0.15) is 23.2 Å². The molecule has 0 aromatic heterocycles. The molecular formula is C20H21IN2O4S. The van der Waals surface area contributed by atoms with Crippen molar-refractivity contribution in [2.24, 2.45) is 0 Å². The molecular weight excluding hydrogens is 491 g/mol. The number of amides is 1. The smallest absolute Gasteiger partial charge is 0.257 e. The van der Waals surface area contributed by atoms with Gasteiger partial charge in [0.2, 0.25) is 0 Å². The first-order chi connectivity index (χ1) is 13.5. The highest BCUT2D eigenvalue weighted by molar-refractivity contribution is 14.1. The predicted molar refractivity (Wildman–Crippen MR) is 120 cm³/mol. The molecule has 1 heterocycles. The molecule has 2 aromatic carbocycles. The van der Waals surface area contributed by atoms with E-state index in [9.17, 15) is 4.79 Å². The Morgan fingerprint density at radius 1 is 1.32 bits per heavy atom. The zero-order valence-corrected chi connectivity index (χ0v) is 18.3. The van der Waals surface area contributed by atoms with E-state index < -0.39 is 0 Å². The van der Waals surface area contributed by atoms with Crippen LogP contribution in [0, 0.1) is 3.57 Å². The molecule has 1 aliphatic heterocycles. The Labute approximate surface area is 183 Å². The number of methoxy groups -OCH3 is 1. The summed E-state index contributed by atoms with van der Waals surface area (Å²) < 4.78 is 17.4. The van der Waals surface area contributed by atoms with Crippen molar-refractivity contribution in [1.82, 2.24) is 5.32 Å². The number of hydrogen-bond acceptors (Lipinski definition) is 5. The number of ether oxygens (including phenoxy) is 3. The Bertz CT molecular complexity index is 856. The standard InChI is InChI=1S/C20H21IN2O4S/c1-25-18-8-7-13(10-17(18)21)19(24)23-20(28)22-14-4-2-5-15(11-14)27-12-16-6-3-9-26-16/h2,4-5,7-8,10-11,16H,3,6,9,12H2,1H3,(H2,22,23,24,28). The predicted octanol–water partition coefficient (Wildman–Crippen LogP) is 3.98. The lowest BCUT2D eigenvalue weighted by Gasteiger charge is -2.14. The molecule has 1 aliphatic rings. The largest absolute Gasteiger partial charge is 0.496 e. The highest BCUT2D eigenvalue weighted by Gasteiger charge is 2.16. The van der Waals surface area contributed by atoms with Gasteiger partial charge in [-0.05, 0) is 78.0 Å². The SMILES string of the molecule is COc1ccc(C(=O)NC(=S)Nc2cccc(OCC3CCCO3)c2)cc1I. The Hall–Kier alpha value is -1.91. The van der Waals surface area contributed by atoms with Crippen molar-refractivity contribution in [2.75, 3.05) is 25.6 Å². The topological polar surface area (TPSA) is 68.8 Å². The molecule has 0 radical (unpaired) electrons. The highest BCUT2D eigenvalue weighted by atomic mass is 127. The van der Waals surface area contributed by atoms with Gasteiger partial charge in [-0.25, -0.2) is 0 Å². The van der Waals surface area contributed by atoms with Crippen LogP contribution in [0.2, 0.25) is 0 Å². The summed E-state index contributed by atoms with van der Waals surface area (Å²) in [6, 6.07) is 12.6. The fraction of sp³-hybridized carbons (Fsp3) is 0.300. The minimum absolute atomic E-state index is 0.157. The highest BCUT2D eigenvalue weighted by Crippen LogP contribution is 2.22. The van der Waals surface area contributed by atoms with Gasteiger partial charge in [-0.15, -0.1) is 0 Å². The number of anilines is 1. The minimum Gasteiger partial charge on any atom is -0.496 e. The molecule has 8 heteroatoms. The molecule has 0 bridgehead atoms. The maximum atomic E-state index is 12.4. The molecule has 0 aliphatic carbocycles. The fourth-order valence-electron chi connectivity index (χ4n) is 2.77. The molecule has 1 atom stereocenters. The van der Waals surface area contributed by atoms with Crippen molar-refractivity contribution < 1.29 is 19.0 Å². The van der Waals surface area contributed by atoms with E-state index in [1.165, 1.54) is 0 Å². The molecule has 1 fully saturated rings. The Balaban J connectivity index is 1.54. The van der Waals surface area contributed by atoms with Crippen molar-refractivity contribution in [2.45, 2.75) is 18.9 Å². The quantitative estimate of drug-likeness (QED) is 0.451. The van der Waals surface area contributed by atoms with E-state index in [0.717, 1.165) is 40.2 Å². The van der Waals surface area contributed by atoms with Gasteiger partial charge in [-0.1, -0.05) is 6.07 Å². The summed E-state index contributed by atoms with van der Waals surface area (Å²) >= 11 is 7.38. The molecule has 1 saturated heterocycles. The summed E-state index contributed by atoms with van der Waals surface area (Å²) in [5.74, 6) is 1.15. The van der Waals surface area contributed by atoms with Crippen LogP contribution in [0.15, 0.2) is 42.5 Å². The van der Waals surface area contributed by atoms with Crippen molar-refractivity contribution in [3.05, 3.63) is 51.6 Å². The molecule has 148 valence electrons. The number of hydrogen-bond donors (Lipinski definition) is 2. The number of nitrogens with one attached hydrogen (secondary N) is 2. The molecule has 3 rings (SSSR count). The van der Waals surface area contributed by atoms with E-state index in [2.05, 4.69) is 33.2 Å². The zero-order chi connectivity index (χ0) is 19.9. The van der Waals surface area contributed by atoms with Crippen LogP contribution in [-0.4, -0.2) is 37.4 Å². The van der Waals surface area contributed by atoms with Crippen LogP contribution in [0.25, 0.3) is 0 Å². The van der Waals surface area contributed by atoms with Gasteiger partial charge in [0, 0.05) is 23.9 Å². The summed E-state index contributed by atoms with van der Waals surface area (Å²) in [6.07, 6.45) is 2.26. The Morgan fingerprint density at radius 3 is 2.89 bits per heavy atom. The molecule has 2 aromatic rings. The summed E-state index contributed by atoms with van der Waals surface area (Å²) in [5, 5.41) is 5.91. The van der Waals surface area contributed by atoms with Crippen LogP contribution >= 0.6 is 34.8 Å². The monoisotopic (exact) mass is 512 g/mol. The molecule has 28 heavy (non-hydrogen) atoms. The molecule has 6 nitrogen and oxygen atoms in total. The number of benzene rings is 2. The number of carbonyl (C=O) groups is 1. The number of thiocarbonyl (C=S) groups is 1. The van der Waals surface area contributed by atoms with Gasteiger partial charge < -0.3 is 19.5 Å². The molecule has 2 N–H and O–H groups in total. The van der Waals surface area contributed by atoms with Crippen LogP contribution in [0.4, 0.5) is 5.69 Å². The van der Waals surface area contributed by atoms with Gasteiger partial charge in [0.25, 0.3) is 5.91 Å². The van der Waals surface area contributed by atoms with Gasteiger partial charge in [0.1, 0.15) is 18.1 Å². The van der Waals surface area contributed by atoms with Crippen molar-refractivity contribution in [3.63, 3.8) is 0 Å². The van der Waals surface area contributed by atoms with E-state index in [4.69, 9.17) is 26.4 Å². The molecule has 0 saturated carbocycles. The van der Waals surface area contributed by atoms with Crippen LogP contribution in [-0.2, 0) is 4.74 Å². The summed E-state index contributed by atoms with van der Waals surface area (Å²) in [5.41, 5.74) is 1.24. The third-order valence-corrected chi connectivity index (χ3v) is 5.24. The molecule has 1 unspecified atom stereocenters. The van der Waals surface area contributed by atoms with E-state index in [1.807, 2.05) is 24.3 Å². The van der Waals surface area contributed by atoms with Gasteiger partial charge in [0.05, 0.1) is 16.8 Å². The van der Waals surface area contributed by atoms with Crippen molar-refractivity contribution in [3.8, 4) is 11.5 Å². The normalized spacial score (nSPS) is 15.7. The van der Waals surface area contributed by atoms with Gasteiger partial charge in [-0.3, -0.25) is 10.1 Å². The Morgan fingerprint density at radius 2 is 2.18 bits per heavy atom. The Kier molecular flexibility index (Phi) is 7.46. The second kappa shape index (κ2) is 10.0. The van der Waals surface area contributed by atoms with Crippen LogP contribution in [0.5, 0.6) is 11.5 Å². The third-order valence-electron chi connectivity index (χ3n) is 4.19. The number of halogens is 1. The maximum Gasteiger partial charge on any atom is 0.257 e. The van der Waals surface area contributed by atoms with E-state index in [-0.39, 0.29) is 17.1 Å². The van der Waals surface area contributed by atoms with Crippen LogP contribution < -0.4 is 20.1 Å². The minimum atomic E-state index is -0.288. The maximum absolute atomic E-state index is 12.4. The van der Waals surface area contributed by atoms with Crippen molar-refractivity contribution >= 4 is 51.5 Å². The second-order valence-corrected chi connectivity index (χ2v) is 7.80. The summed E-state index contributed by atoms with van der Waals surface area (Å²) in [4.78, 5) is 12.4. The van der Waals surface area contributed by atoms with Crippen molar-refractivity contribution in [1.29, 1.82) is 0 Å². The number of rotatable bonds is 6. The van der Waals surface area contributed by atoms with Gasteiger partial charge in [0.15, 0.2) is 5.11 Å². The molecule has 1 amide bonds. The van der Waals surface area contributed by atoms with E-state index in [1.54, 1.807) is 25.3 Å². The average molecular weight is 512 g/mol. The van der Waals surface area contributed by atoms with Gasteiger partial charge in [-0.2, -0.15) is 0 Å². The third kappa shape index (κ3) is 5.79. The van der Waals surface area contributed by atoms with E-state index in [0.29, 0.717) is 12.2 Å². The lowest BCUT2D eigenvalue weighted by molar-refractivity contribution is 0.0680.